The highest BCUT2D eigenvalue weighted by atomic mass is 35.5. The number of rotatable bonds is 10. The molecular formula is C26H25Cl3N6O2S2. The van der Waals surface area contributed by atoms with Crippen molar-refractivity contribution in [1.82, 2.24) is 25.1 Å². The van der Waals surface area contributed by atoms with Crippen LogP contribution in [-0.2, 0) is 11.3 Å². The minimum Gasteiger partial charge on any atom is -0.342 e. The van der Waals surface area contributed by atoms with Crippen molar-refractivity contribution in [3.63, 3.8) is 0 Å². The van der Waals surface area contributed by atoms with E-state index < -0.39 is 6.04 Å². The van der Waals surface area contributed by atoms with Crippen molar-refractivity contribution >= 4 is 74.8 Å². The molecule has 1 unspecified atom stereocenters. The summed E-state index contributed by atoms with van der Waals surface area (Å²) in [7, 11) is 0. The molecular weight excluding hydrogens is 599 g/mol. The van der Waals surface area contributed by atoms with Crippen LogP contribution in [0.4, 0.5) is 5.13 Å². The summed E-state index contributed by atoms with van der Waals surface area (Å²) in [6.45, 7) is 6.48. The van der Waals surface area contributed by atoms with Crippen molar-refractivity contribution in [2.75, 3.05) is 11.1 Å². The summed E-state index contributed by atoms with van der Waals surface area (Å²) in [6, 6.07) is 11.7. The van der Waals surface area contributed by atoms with Gasteiger partial charge in [0.05, 0.1) is 28.1 Å². The van der Waals surface area contributed by atoms with Gasteiger partial charge in [0.1, 0.15) is 0 Å². The molecule has 0 saturated heterocycles. The largest absolute Gasteiger partial charge is 0.342 e. The van der Waals surface area contributed by atoms with Crippen LogP contribution < -0.4 is 10.6 Å². The maximum Gasteiger partial charge on any atom is 0.253 e. The Kier molecular flexibility index (Phi) is 9.90. The first-order valence-electron chi connectivity index (χ1n) is 12.0. The molecule has 0 radical (unpaired) electrons. The Morgan fingerprint density at radius 3 is 2.44 bits per heavy atom. The number of thioether (sulfide) groups is 1. The molecule has 8 nitrogen and oxygen atoms in total. The van der Waals surface area contributed by atoms with Crippen molar-refractivity contribution in [3.8, 4) is 11.3 Å². The number of carbonyl (C=O) groups is 2. The Labute approximate surface area is 249 Å². The molecule has 0 aliphatic carbocycles. The number of hydrogen-bond donors (Lipinski definition) is 2. The number of nitrogens with zero attached hydrogens (tertiary/aromatic N) is 4. The summed E-state index contributed by atoms with van der Waals surface area (Å²) in [5.41, 5.74) is 2.00. The second-order valence-electron chi connectivity index (χ2n) is 8.79. The standard InChI is InChI=1S/C26H25Cl3N6O2S2/c1-4-35-23(22(14(2)3)32-24(37)18-10-9-17(28)11-19(18)29)33-34-26(35)39-13-21(36)31-25-30-20(12-38-25)15-5-7-16(27)8-6-15/h5-12,14,22H,4,13H2,1-3H3,(H,32,37)(H,30,31,36). The molecule has 0 aliphatic heterocycles. The molecule has 4 rings (SSSR count). The first-order valence-corrected chi connectivity index (χ1v) is 15.0. The lowest BCUT2D eigenvalue weighted by molar-refractivity contribution is -0.113. The van der Waals surface area contributed by atoms with E-state index in [9.17, 15) is 9.59 Å². The van der Waals surface area contributed by atoms with Gasteiger partial charge in [0.25, 0.3) is 5.91 Å². The number of amides is 2. The minimum atomic E-state index is -0.429. The lowest BCUT2D eigenvalue weighted by atomic mass is 10.0. The highest BCUT2D eigenvalue weighted by molar-refractivity contribution is 7.99. The van der Waals surface area contributed by atoms with Crippen LogP contribution in [0, 0.1) is 5.92 Å². The zero-order chi connectivity index (χ0) is 28.1. The number of anilines is 1. The van der Waals surface area contributed by atoms with E-state index in [1.54, 1.807) is 24.3 Å². The number of hydrogen-bond acceptors (Lipinski definition) is 7. The van der Waals surface area contributed by atoms with E-state index in [1.165, 1.54) is 29.2 Å². The van der Waals surface area contributed by atoms with E-state index in [-0.39, 0.29) is 28.5 Å². The van der Waals surface area contributed by atoms with Crippen molar-refractivity contribution in [2.24, 2.45) is 5.92 Å². The molecule has 2 N–H and O–H groups in total. The molecule has 0 aliphatic rings. The van der Waals surface area contributed by atoms with Gasteiger partial charge in [-0.05, 0) is 43.2 Å². The van der Waals surface area contributed by atoms with Crippen LogP contribution >= 0.6 is 57.9 Å². The SMILES string of the molecule is CCn1c(SCC(=O)Nc2nc(-c3ccc(Cl)cc3)cs2)nnc1C(NC(=O)c1ccc(Cl)cc1Cl)C(C)C. The van der Waals surface area contributed by atoms with Crippen molar-refractivity contribution in [3.05, 3.63) is 74.3 Å². The van der Waals surface area contributed by atoms with Gasteiger partial charge >= 0.3 is 0 Å². The number of thiazole rings is 1. The highest BCUT2D eigenvalue weighted by Crippen LogP contribution is 2.29. The average molecular weight is 624 g/mol. The average Bonchev–Trinajstić information content (AvgIpc) is 3.53. The molecule has 0 saturated carbocycles. The van der Waals surface area contributed by atoms with Crippen LogP contribution in [0.2, 0.25) is 15.1 Å². The Morgan fingerprint density at radius 1 is 1.05 bits per heavy atom. The van der Waals surface area contributed by atoms with E-state index >= 15 is 0 Å². The fourth-order valence-electron chi connectivity index (χ4n) is 3.73. The first kappa shape index (κ1) is 29.4. The molecule has 0 bridgehead atoms. The summed E-state index contributed by atoms with van der Waals surface area (Å²) >= 11 is 20.8. The number of carbonyl (C=O) groups excluding carboxylic acids is 2. The lowest BCUT2D eigenvalue weighted by Crippen LogP contribution is -2.34. The molecule has 2 amide bonds. The lowest BCUT2D eigenvalue weighted by Gasteiger charge is -2.22. The van der Waals surface area contributed by atoms with Crippen molar-refractivity contribution in [2.45, 2.75) is 38.5 Å². The Hall–Kier alpha value is -2.63. The quantitative estimate of drug-likeness (QED) is 0.181. The molecule has 2 heterocycles. The van der Waals surface area contributed by atoms with Crippen LogP contribution in [0.25, 0.3) is 11.3 Å². The molecule has 0 spiro atoms. The van der Waals surface area contributed by atoms with E-state index in [0.717, 1.165) is 11.3 Å². The highest BCUT2D eigenvalue weighted by Gasteiger charge is 2.27. The van der Waals surface area contributed by atoms with Crippen molar-refractivity contribution < 1.29 is 9.59 Å². The Bertz CT molecular complexity index is 1470. The number of benzene rings is 2. The number of aromatic nitrogens is 4. The van der Waals surface area contributed by atoms with Crippen LogP contribution in [0.1, 0.15) is 43.0 Å². The first-order chi connectivity index (χ1) is 18.7. The maximum absolute atomic E-state index is 13.0. The van der Waals surface area contributed by atoms with Gasteiger partial charge in [0.15, 0.2) is 16.1 Å². The van der Waals surface area contributed by atoms with Gasteiger partial charge in [-0.25, -0.2) is 4.98 Å². The summed E-state index contributed by atoms with van der Waals surface area (Å²) in [4.78, 5) is 30.2. The van der Waals surface area contributed by atoms with Crippen LogP contribution in [-0.4, -0.2) is 37.3 Å². The normalized spacial score (nSPS) is 12.0. The summed E-state index contributed by atoms with van der Waals surface area (Å²) in [5, 5.41) is 18.9. The fourth-order valence-corrected chi connectivity index (χ4v) is 5.89. The second-order valence-corrected chi connectivity index (χ2v) is 11.9. The van der Waals surface area contributed by atoms with Crippen LogP contribution in [0.3, 0.4) is 0 Å². The molecule has 4 aromatic rings. The Morgan fingerprint density at radius 2 is 1.77 bits per heavy atom. The van der Waals surface area contributed by atoms with Gasteiger partial charge in [-0.15, -0.1) is 21.5 Å². The molecule has 39 heavy (non-hydrogen) atoms. The van der Waals surface area contributed by atoms with E-state index in [0.29, 0.717) is 38.3 Å². The van der Waals surface area contributed by atoms with Gasteiger partial charge in [-0.2, -0.15) is 0 Å². The fraction of sp³-hybridized carbons (Fsp3) is 0.269. The zero-order valence-electron chi connectivity index (χ0n) is 21.2. The van der Waals surface area contributed by atoms with Crippen LogP contribution in [0.15, 0.2) is 53.0 Å². The summed E-state index contributed by atoms with van der Waals surface area (Å²) in [6.07, 6.45) is 0. The van der Waals surface area contributed by atoms with Crippen molar-refractivity contribution in [1.29, 1.82) is 0 Å². The minimum absolute atomic E-state index is 0.00964. The maximum atomic E-state index is 13.0. The van der Waals surface area contributed by atoms with Gasteiger partial charge < -0.3 is 15.2 Å². The smallest absolute Gasteiger partial charge is 0.253 e. The Balaban J connectivity index is 1.41. The van der Waals surface area contributed by atoms with E-state index in [4.69, 9.17) is 34.8 Å². The summed E-state index contributed by atoms with van der Waals surface area (Å²) < 4.78 is 1.90. The predicted octanol–water partition coefficient (Wildman–Crippen LogP) is 7.24. The third-order valence-electron chi connectivity index (χ3n) is 5.69. The van der Waals surface area contributed by atoms with Gasteiger partial charge in [-0.3, -0.25) is 9.59 Å². The van der Waals surface area contributed by atoms with Gasteiger partial charge in [0, 0.05) is 27.5 Å². The van der Waals surface area contributed by atoms with Gasteiger partial charge in [-0.1, -0.05) is 72.5 Å². The monoisotopic (exact) mass is 622 g/mol. The summed E-state index contributed by atoms with van der Waals surface area (Å²) in [5.74, 6) is 0.177. The molecule has 204 valence electrons. The number of nitrogens with one attached hydrogen (secondary N) is 2. The zero-order valence-corrected chi connectivity index (χ0v) is 25.1. The predicted molar refractivity (Wildman–Crippen MR) is 159 cm³/mol. The molecule has 2 aromatic heterocycles. The number of halogens is 3. The topological polar surface area (TPSA) is 102 Å². The van der Waals surface area contributed by atoms with Crippen LogP contribution in [0.5, 0.6) is 0 Å². The molecule has 2 aromatic carbocycles. The van der Waals surface area contributed by atoms with E-state index in [2.05, 4.69) is 25.8 Å². The van der Waals surface area contributed by atoms with E-state index in [1.807, 2.05) is 42.9 Å². The third-order valence-corrected chi connectivity index (χ3v) is 8.22. The van der Waals surface area contributed by atoms with Gasteiger partial charge in [0.2, 0.25) is 5.91 Å². The molecule has 0 fully saturated rings. The molecule has 13 heteroatoms. The second kappa shape index (κ2) is 13.1. The third kappa shape index (κ3) is 7.32. The molecule has 1 atom stereocenters.